The van der Waals surface area contributed by atoms with Crippen molar-refractivity contribution in [3.63, 3.8) is 0 Å². The van der Waals surface area contributed by atoms with E-state index in [9.17, 15) is 29.4 Å². The third-order valence-electron chi connectivity index (χ3n) is 9.80. The molecule has 2 heterocycles. The summed E-state index contributed by atoms with van der Waals surface area (Å²) in [5.74, 6) is -1.41. The van der Waals surface area contributed by atoms with Crippen molar-refractivity contribution in [2.75, 3.05) is 19.8 Å². The number of fused-ring (bicyclic) bond motifs is 6. The molecule has 5 aromatic rings. The van der Waals surface area contributed by atoms with Gasteiger partial charge in [0.05, 0.1) is 12.7 Å². The van der Waals surface area contributed by atoms with Crippen molar-refractivity contribution >= 4 is 12.3 Å². The molecule has 4 aromatic carbocycles. The molecule has 0 spiro atoms. The summed E-state index contributed by atoms with van der Waals surface area (Å²) in [5.41, 5.74) is 5.94. The zero-order chi connectivity index (χ0) is 35.9. The number of carbonyl (C=O) groups is 2. The molecule has 1 fully saturated rings. The second-order valence-electron chi connectivity index (χ2n) is 12.7. The largest absolute Gasteiger partial charge is 0.508 e. The molecule has 52 heavy (non-hydrogen) atoms. The molecule has 1 aromatic heterocycles. The Kier molecular flexibility index (Phi) is 8.57. The van der Waals surface area contributed by atoms with Gasteiger partial charge in [0.1, 0.15) is 19.3 Å². The van der Waals surface area contributed by atoms with Gasteiger partial charge in [-0.15, -0.1) is 0 Å². The fourth-order valence-corrected chi connectivity index (χ4v) is 7.54. The molecule has 1 saturated heterocycles. The van der Waals surface area contributed by atoms with Crippen molar-refractivity contribution in [2.24, 2.45) is 0 Å². The van der Waals surface area contributed by atoms with Crippen molar-refractivity contribution < 1.29 is 43.5 Å². The molecule has 0 saturated carbocycles. The number of carbonyl (C=O) groups excluding carboxylic acids is 2. The Balaban J connectivity index is 1.03. The zero-order valence-electron chi connectivity index (χ0n) is 27.4. The van der Waals surface area contributed by atoms with E-state index in [2.05, 4.69) is 0 Å². The van der Waals surface area contributed by atoms with Crippen LogP contribution in [-0.4, -0.2) is 70.2 Å². The van der Waals surface area contributed by atoms with Gasteiger partial charge in [-0.3, -0.25) is 9.78 Å². The Bertz CT molecular complexity index is 2210. The minimum absolute atomic E-state index is 0.0915. The number of ether oxygens (including phenoxy) is 5. The number of aromatic nitrogens is 2. The van der Waals surface area contributed by atoms with Crippen molar-refractivity contribution in [3.05, 3.63) is 146 Å². The van der Waals surface area contributed by atoms with Crippen molar-refractivity contribution in [2.45, 2.75) is 36.4 Å². The molecule has 1 aliphatic heterocycles. The lowest BCUT2D eigenvalue weighted by molar-refractivity contribution is -0.0700. The highest BCUT2D eigenvalue weighted by Crippen LogP contribution is 2.46. The monoisotopic (exact) mass is 704 g/mol. The van der Waals surface area contributed by atoms with Gasteiger partial charge in [-0.2, -0.15) is 0 Å². The molecule has 2 aliphatic carbocycles. The first-order valence-electron chi connectivity index (χ1n) is 16.7. The lowest BCUT2D eigenvalue weighted by Crippen LogP contribution is -2.43. The van der Waals surface area contributed by atoms with E-state index >= 15 is 0 Å². The molecule has 0 radical (unpaired) electrons. The van der Waals surface area contributed by atoms with E-state index in [4.69, 9.17) is 23.7 Å². The second-order valence-corrected chi connectivity index (χ2v) is 12.7. The van der Waals surface area contributed by atoms with Crippen LogP contribution in [0.5, 0.6) is 5.88 Å². The average molecular weight is 705 g/mol. The summed E-state index contributed by atoms with van der Waals surface area (Å²) in [6, 6.07) is 31.8. The summed E-state index contributed by atoms with van der Waals surface area (Å²) in [6.07, 6.45) is -8.55. The average Bonchev–Trinajstić information content (AvgIpc) is 3.77. The Morgan fingerprint density at radius 3 is 1.52 bits per heavy atom. The van der Waals surface area contributed by atoms with Crippen LogP contribution in [0.15, 0.2) is 113 Å². The Labute approximate surface area is 295 Å². The van der Waals surface area contributed by atoms with Crippen LogP contribution in [0.3, 0.4) is 0 Å². The van der Waals surface area contributed by atoms with Crippen molar-refractivity contribution in [1.29, 1.82) is 0 Å². The van der Waals surface area contributed by atoms with Gasteiger partial charge < -0.3 is 33.9 Å². The molecule has 8 rings (SSSR count). The predicted molar refractivity (Wildman–Crippen MR) is 184 cm³/mol. The number of aromatic amines is 1. The smallest absolute Gasteiger partial charge is 0.494 e. The SMILES string of the molecule is O=C(OCC1c2ccccc2-c2ccccc21)OC1C(CO)OC(n2c(O)cc(=O)[nH]c2=O)C1OC(=O)OCC1c2ccccc2-c2ccccc21. The first-order chi connectivity index (χ1) is 25.3. The number of hydrogen-bond acceptors (Lipinski definition) is 11. The number of nitrogens with one attached hydrogen (secondary N) is 1. The number of rotatable bonds is 8. The molecule has 4 atom stereocenters. The highest BCUT2D eigenvalue weighted by atomic mass is 16.8. The lowest BCUT2D eigenvalue weighted by atomic mass is 9.98. The van der Waals surface area contributed by atoms with Crippen LogP contribution < -0.4 is 11.2 Å². The van der Waals surface area contributed by atoms with E-state index < -0.39 is 60.6 Å². The highest BCUT2D eigenvalue weighted by Gasteiger charge is 2.52. The molecule has 13 nitrogen and oxygen atoms in total. The first-order valence-corrected chi connectivity index (χ1v) is 16.7. The molecule has 0 bridgehead atoms. The van der Waals surface area contributed by atoms with E-state index in [1.807, 2.05) is 102 Å². The van der Waals surface area contributed by atoms with Gasteiger partial charge >= 0.3 is 18.0 Å². The Morgan fingerprint density at radius 2 is 1.10 bits per heavy atom. The summed E-state index contributed by atoms with van der Waals surface area (Å²) in [6.45, 7) is -0.955. The molecule has 4 unspecified atom stereocenters. The number of H-pyrrole nitrogens is 1. The maximum absolute atomic E-state index is 13.4. The van der Waals surface area contributed by atoms with E-state index in [1.165, 1.54) is 0 Å². The highest BCUT2D eigenvalue weighted by molar-refractivity contribution is 5.80. The molecule has 0 amide bonds. The molecule has 3 aliphatic rings. The lowest BCUT2D eigenvalue weighted by Gasteiger charge is -2.25. The summed E-state index contributed by atoms with van der Waals surface area (Å²) in [7, 11) is 0. The van der Waals surface area contributed by atoms with Crippen molar-refractivity contribution in [1.82, 2.24) is 9.55 Å². The zero-order valence-corrected chi connectivity index (χ0v) is 27.4. The topological polar surface area (TPSA) is 176 Å². The van der Waals surface area contributed by atoms with Crippen LogP contribution in [-0.2, 0) is 23.7 Å². The normalized spacial score (nSPS) is 20.0. The van der Waals surface area contributed by atoms with E-state index in [0.717, 1.165) is 50.6 Å². The third kappa shape index (κ3) is 5.79. The molecular formula is C39H32N2O11. The minimum Gasteiger partial charge on any atom is -0.494 e. The minimum atomic E-state index is -1.66. The van der Waals surface area contributed by atoms with Gasteiger partial charge in [0.25, 0.3) is 5.56 Å². The van der Waals surface area contributed by atoms with Crippen LogP contribution in [0.25, 0.3) is 22.3 Å². The van der Waals surface area contributed by atoms with Crippen LogP contribution in [0.1, 0.15) is 40.3 Å². The Hall–Kier alpha value is -6.18. The van der Waals surface area contributed by atoms with Crippen LogP contribution >= 0.6 is 0 Å². The van der Waals surface area contributed by atoms with Crippen molar-refractivity contribution in [3.8, 4) is 28.1 Å². The quantitative estimate of drug-likeness (QED) is 0.189. The number of nitrogens with zero attached hydrogens (tertiary/aromatic N) is 1. The van der Waals surface area contributed by atoms with Crippen LogP contribution in [0.2, 0.25) is 0 Å². The molecule has 264 valence electrons. The number of aliphatic hydroxyl groups excluding tert-OH is 1. The standard InChI is InChI=1S/C39H32N2O11/c42-18-31-34(51-38(46)48-19-29-25-13-5-1-9-21(25)22-10-2-6-14-26(22)29)35(36(50-31)41-33(44)17-32(43)40-37(41)45)52-39(47)49-20-30-27-15-7-3-11-23(27)24-12-4-8-16-28(24)30/h1-17,29-31,34-36,42,44H,18-20H2,(H,40,43,45). The third-order valence-corrected chi connectivity index (χ3v) is 9.80. The number of aliphatic hydroxyl groups is 1. The summed E-state index contributed by atoms with van der Waals surface area (Å²) < 4.78 is 29.0. The molecule has 13 heteroatoms. The van der Waals surface area contributed by atoms with Gasteiger partial charge in [0, 0.05) is 11.8 Å². The number of aromatic hydroxyl groups is 1. The van der Waals surface area contributed by atoms with E-state index in [-0.39, 0.29) is 25.0 Å². The summed E-state index contributed by atoms with van der Waals surface area (Å²) >= 11 is 0. The van der Waals surface area contributed by atoms with Gasteiger partial charge in [0.2, 0.25) is 5.88 Å². The van der Waals surface area contributed by atoms with E-state index in [1.54, 1.807) is 0 Å². The van der Waals surface area contributed by atoms with Crippen LogP contribution in [0.4, 0.5) is 9.59 Å². The van der Waals surface area contributed by atoms with Gasteiger partial charge in [-0.25, -0.2) is 19.0 Å². The van der Waals surface area contributed by atoms with Gasteiger partial charge in [-0.1, -0.05) is 97.1 Å². The summed E-state index contributed by atoms with van der Waals surface area (Å²) in [5, 5.41) is 20.9. The first kappa shape index (κ1) is 33.0. The summed E-state index contributed by atoms with van der Waals surface area (Å²) in [4.78, 5) is 53.5. The van der Waals surface area contributed by atoms with Gasteiger partial charge in [-0.05, 0) is 44.5 Å². The number of benzene rings is 4. The molecular weight excluding hydrogens is 672 g/mol. The second kappa shape index (κ2) is 13.5. The molecule has 3 N–H and O–H groups in total. The fourth-order valence-electron chi connectivity index (χ4n) is 7.54. The maximum Gasteiger partial charge on any atom is 0.508 e. The van der Waals surface area contributed by atoms with Crippen LogP contribution in [0, 0.1) is 0 Å². The maximum atomic E-state index is 13.4. The van der Waals surface area contributed by atoms with Gasteiger partial charge in [0.15, 0.2) is 18.4 Å². The van der Waals surface area contributed by atoms with E-state index in [0.29, 0.717) is 4.57 Å². The predicted octanol–water partition coefficient (Wildman–Crippen LogP) is 4.80. The Morgan fingerprint density at radius 1 is 0.673 bits per heavy atom. The fraction of sp³-hybridized carbons (Fsp3) is 0.231. The number of hydrogen-bond donors (Lipinski definition) is 3.